The van der Waals surface area contributed by atoms with E-state index >= 15 is 0 Å². The molecule has 6 aliphatic heterocycles. The first-order valence-corrected chi connectivity index (χ1v) is 27.7. The van der Waals surface area contributed by atoms with Gasteiger partial charge >= 0.3 is 0 Å². The Labute approximate surface area is 456 Å². The van der Waals surface area contributed by atoms with Crippen molar-refractivity contribution in [3.8, 4) is 69.0 Å². The number of fused-ring (bicyclic) bond motifs is 18. The lowest BCUT2D eigenvalue weighted by Crippen LogP contribution is -2.57. The van der Waals surface area contributed by atoms with Crippen LogP contribution in [0.1, 0.15) is 95.7 Å². The van der Waals surface area contributed by atoms with E-state index in [0.717, 1.165) is 167 Å². The number of aryl methyl sites for hydroxylation is 3. The fraction of sp³-hybridized carbons (Fsp3) is 0.217. The molecule has 0 radical (unpaired) electrons. The van der Waals surface area contributed by atoms with Crippen molar-refractivity contribution in [1.82, 2.24) is 0 Å². The number of ether oxygens (including phenoxy) is 6. The molecule has 6 aliphatic rings. The van der Waals surface area contributed by atoms with Crippen molar-refractivity contribution < 1.29 is 28.4 Å². The average Bonchev–Trinajstić information content (AvgIpc) is 3.31. The zero-order valence-electron chi connectivity index (χ0n) is 46.3. The second-order valence-electron chi connectivity index (χ2n) is 26.3. The molecule has 10 aromatic carbocycles. The summed E-state index contributed by atoms with van der Waals surface area (Å²) in [6.07, 6.45) is 0. The molecule has 0 saturated carbocycles. The molecule has 0 spiro atoms. The molecule has 10 aromatic rings. The van der Waals surface area contributed by atoms with Crippen LogP contribution in [0.5, 0.6) is 69.0 Å². The van der Waals surface area contributed by atoms with Crippen LogP contribution >= 0.6 is 0 Å². The molecule has 0 fully saturated rings. The highest BCUT2D eigenvalue weighted by Crippen LogP contribution is 2.47. The van der Waals surface area contributed by atoms with Gasteiger partial charge in [0.1, 0.15) is 69.0 Å². The topological polar surface area (TPSA) is 55.4 Å². The standard InChI is InChI=1S/C69H57B3O6/c1-34-19-58-64-61(22-34)76-55-31-43-40(28-49(55)70(64)46-16-13-37(67(4,5)6)25-52(46)73-58)44-32-56-51(72-48-18-15-39(69(10,11)12)27-54(48)75-60-21-36(3)24-63(77-56)66(60)72)30-42(44)45-33-57-50(29-41(43)45)71-47-17-14-38(68(7,8)9)26-53(47)74-59-20-35(2)23-62(78-57)65(59)71/h13-33H,1-12H3. The Morgan fingerprint density at radius 3 is 0.692 bits per heavy atom. The van der Waals surface area contributed by atoms with Gasteiger partial charge in [0, 0.05) is 16.4 Å². The third-order valence-corrected chi connectivity index (χ3v) is 17.8. The van der Waals surface area contributed by atoms with E-state index in [0.29, 0.717) is 0 Å². The Balaban J connectivity index is 1.000. The Bertz CT molecular complexity index is 3980. The van der Waals surface area contributed by atoms with Gasteiger partial charge in [-0.25, -0.2) is 0 Å². The third-order valence-electron chi connectivity index (χ3n) is 17.8. The predicted octanol–water partition coefficient (Wildman–Crippen LogP) is 12.1. The van der Waals surface area contributed by atoms with Crippen molar-refractivity contribution in [3.63, 3.8) is 0 Å². The molecule has 9 heteroatoms. The van der Waals surface area contributed by atoms with E-state index in [9.17, 15) is 0 Å². The highest BCUT2D eigenvalue weighted by Gasteiger charge is 2.45. The summed E-state index contributed by atoms with van der Waals surface area (Å²) < 4.78 is 42.2. The quantitative estimate of drug-likeness (QED) is 0.111. The van der Waals surface area contributed by atoms with Gasteiger partial charge < -0.3 is 28.4 Å². The first-order chi connectivity index (χ1) is 37.2. The molecule has 78 heavy (non-hydrogen) atoms. The highest BCUT2D eigenvalue weighted by molar-refractivity contribution is 7.00. The Hall–Kier alpha value is -8.03. The molecule has 0 aromatic heterocycles. The first-order valence-electron chi connectivity index (χ1n) is 27.7. The van der Waals surface area contributed by atoms with E-state index in [2.05, 4.69) is 210 Å². The molecule has 0 aliphatic carbocycles. The molecule has 6 nitrogen and oxygen atoms in total. The fourth-order valence-corrected chi connectivity index (χ4v) is 13.8. The lowest BCUT2D eigenvalue weighted by molar-refractivity contribution is 0.462. The van der Waals surface area contributed by atoms with Crippen LogP contribution in [-0.2, 0) is 16.2 Å². The number of hydrogen-bond acceptors (Lipinski definition) is 6. The summed E-state index contributed by atoms with van der Waals surface area (Å²) >= 11 is 0. The van der Waals surface area contributed by atoms with Crippen molar-refractivity contribution in [3.05, 3.63) is 161 Å². The number of benzene rings is 10. The minimum Gasteiger partial charge on any atom is -0.458 e. The summed E-state index contributed by atoms with van der Waals surface area (Å²) in [5.74, 6) is 10.2. The molecule has 378 valence electrons. The maximum absolute atomic E-state index is 7.18. The van der Waals surface area contributed by atoms with Gasteiger partial charge in [-0.2, -0.15) is 0 Å². The van der Waals surface area contributed by atoms with Gasteiger partial charge in [-0.3, -0.25) is 0 Å². The second kappa shape index (κ2) is 15.2. The molecular formula is C69H57B3O6. The van der Waals surface area contributed by atoms with Crippen LogP contribution in [0.4, 0.5) is 0 Å². The van der Waals surface area contributed by atoms with E-state index < -0.39 is 0 Å². The zero-order valence-corrected chi connectivity index (χ0v) is 46.3. The number of rotatable bonds is 0. The van der Waals surface area contributed by atoms with Crippen LogP contribution in [0, 0.1) is 20.8 Å². The minimum absolute atomic E-state index is 0.0564. The van der Waals surface area contributed by atoms with E-state index in [1.54, 1.807) is 0 Å². The average molecular weight is 1010 g/mol. The molecular weight excluding hydrogens is 957 g/mol. The van der Waals surface area contributed by atoms with Gasteiger partial charge in [-0.1, -0.05) is 117 Å². The highest BCUT2D eigenvalue weighted by atomic mass is 16.5. The van der Waals surface area contributed by atoms with Crippen LogP contribution in [0.3, 0.4) is 0 Å². The maximum Gasteiger partial charge on any atom is 0.260 e. The predicted molar refractivity (Wildman–Crippen MR) is 322 cm³/mol. The summed E-state index contributed by atoms with van der Waals surface area (Å²) in [5.41, 5.74) is 16.7. The Kier molecular flexibility index (Phi) is 8.96. The monoisotopic (exact) mass is 1010 g/mol. The van der Waals surface area contributed by atoms with Crippen LogP contribution in [0.2, 0.25) is 0 Å². The summed E-state index contributed by atoms with van der Waals surface area (Å²) in [4.78, 5) is 0. The largest absolute Gasteiger partial charge is 0.458 e. The van der Waals surface area contributed by atoms with Crippen LogP contribution < -0.4 is 77.6 Å². The van der Waals surface area contributed by atoms with E-state index in [-0.39, 0.29) is 36.4 Å². The molecule has 0 saturated heterocycles. The van der Waals surface area contributed by atoms with E-state index in [4.69, 9.17) is 28.4 Å². The molecule has 6 heterocycles. The minimum atomic E-state index is -0.127. The summed E-state index contributed by atoms with van der Waals surface area (Å²) in [7, 11) is 0. The van der Waals surface area contributed by atoms with Gasteiger partial charge in [-0.15, -0.1) is 0 Å². The van der Waals surface area contributed by atoms with E-state index in [1.807, 2.05) is 0 Å². The lowest BCUT2D eigenvalue weighted by Gasteiger charge is -2.35. The number of hydrogen-bond donors (Lipinski definition) is 0. The van der Waals surface area contributed by atoms with Crippen molar-refractivity contribution in [2.45, 2.75) is 99.3 Å². The smallest absolute Gasteiger partial charge is 0.260 e. The normalized spacial score (nSPS) is 14.7. The van der Waals surface area contributed by atoms with Gasteiger partial charge in [0.15, 0.2) is 0 Å². The van der Waals surface area contributed by atoms with Gasteiger partial charge in [0.25, 0.3) is 20.1 Å². The third kappa shape index (κ3) is 6.48. The van der Waals surface area contributed by atoms with Crippen molar-refractivity contribution >= 4 is 102 Å². The summed E-state index contributed by atoms with van der Waals surface area (Å²) in [6, 6.07) is 47.7. The SMILES string of the molecule is Cc1cc2c3c(c1)Oc1cc4c5cc6c(cc5c5cc7c(cc5c4cc1B3c1ccc(C(C)(C)C)cc1O2)Oc1cc(C)cc2c1B7c1ccc(C(C)(C)C)cc1O2)Oc1cc(C)cc2c1B6c1ccc(C(C)(C)C)cc1O2. The molecule has 0 amide bonds. The van der Waals surface area contributed by atoms with E-state index in [1.165, 1.54) is 16.7 Å². The van der Waals surface area contributed by atoms with Crippen LogP contribution in [0.25, 0.3) is 32.3 Å². The lowest BCUT2D eigenvalue weighted by atomic mass is 9.34. The van der Waals surface area contributed by atoms with Crippen LogP contribution in [-0.4, -0.2) is 20.1 Å². The maximum atomic E-state index is 7.18. The van der Waals surface area contributed by atoms with Gasteiger partial charge in [0.05, 0.1) is 0 Å². The summed E-state index contributed by atoms with van der Waals surface area (Å²) in [6.45, 7) is 26.3. The Morgan fingerprint density at radius 1 is 0.244 bits per heavy atom. The molecule has 0 N–H and O–H groups in total. The zero-order chi connectivity index (χ0) is 53.4. The fourth-order valence-electron chi connectivity index (χ4n) is 13.8. The molecule has 16 rings (SSSR count). The first kappa shape index (κ1) is 46.1. The van der Waals surface area contributed by atoms with Crippen molar-refractivity contribution in [1.29, 1.82) is 0 Å². The second-order valence-corrected chi connectivity index (χ2v) is 26.3. The van der Waals surface area contributed by atoms with Crippen molar-refractivity contribution in [2.24, 2.45) is 0 Å². The molecule has 0 bridgehead atoms. The van der Waals surface area contributed by atoms with Crippen LogP contribution in [0.15, 0.2) is 127 Å². The van der Waals surface area contributed by atoms with Crippen molar-refractivity contribution in [2.75, 3.05) is 0 Å². The van der Waals surface area contributed by atoms with Gasteiger partial charge in [0.2, 0.25) is 0 Å². The summed E-state index contributed by atoms with van der Waals surface area (Å²) in [5, 5.41) is 6.65. The molecule has 0 atom stereocenters. The van der Waals surface area contributed by atoms with Gasteiger partial charge in [-0.05, 0) is 208 Å². The Morgan fingerprint density at radius 2 is 0.462 bits per heavy atom. The molecule has 0 unspecified atom stereocenters.